The van der Waals surface area contributed by atoms with E-state index in [1.807, 2.05) is 6.07 Å². The van der Waals surface area contributed by atoms with Crippen LogP contribution in [-0.4, -0.2) is 41.2 Å². The van der Waals surface area contributed by atoms with Crippen LogP contribution in [-0.2, 0) is 23.9 Å². The van der Waals surface area contributed by atoms with E-state index in [2.05, 4.69) is 5.32 Å². The molecule has 8 nitrogen and oxygen atoms in total. The number of hydrogen-bond acceptors (Lipinski definition) is 6. The molecular weight excluding hydrogens is 374 g/mol. The molecule has 3 rings (SSSR count). The van der Waals surface area contributed by atoms with Gasteiger partial charge in [-0.2, -0.15) is 5.26 Å². The van der Waals surface area contributed by atoms with Crippen molar-refractivity contribution in [1.82, 2.24) is 4.90 Å². The molecule has 1 aliphatic carbocycles. The summed E-state index contributed by atoms with van der Waals surface area (Å²) in [5.74, 6) is -2.04. The van der Waals surface area contributed by atoms with E-state index in [1.165, 1.54) is 11.8 Å². The first-order valence-electron chi connectivity index (χ1n) is 9.76. The molecule has 2 aliphatic rings. The fourth-order valence-corrected chi connectivity index (χ4v) is 3.84. The van der Waals surface area contributed by atoms with Crippen molar-refractivity contribution in [2.45, 2.75) is 45.1 Å². The Morgan fingerprint density at radius 2 is 1.76 bits per heavy atom. The summed E-state index contributed by atoms with van der Waals surface area (Å²) in [4.78, 5) is 50.2. The van der Waals surface area contributed by atoms with Crippen molar-refractivity contribution in [3.63, 3.8) is 0 Å². The number of nitriles is 1. The molecule has 0 aromatic heterocycles. The number of carbonyl (C=O) groups is 4. The number of likely N-dealkylation sites (tertiary alicyclic amines) is 1. The lowest BCUT2D eigenvalue weighted by molar-refractivity contribution is -0.154. The monoisotopic (exact) mass is 397 g/mol. The lowest BCUT2D eigenvalue weighted by Crippen LogP contribution is -2.35. The Morgan fingerprint density at radius 1 is 1.17 bits per heavy atom. The minimum Gasteiger partial charge on any atom is -0.452 e. The van der Waals surface area contributed by atoms with Crippen LogP contribution in [0.2, 0.25) is 0 Å². The Bertz CT molecular complexity index is 834. The quantitative estimate of drug-likeness (QED) is 0.580. The highest BCUT2D eigenvalue weighted by Gasteiger charge is 2.47. The van der Waals surface area contributed by atoms with E-state index in [9.17, 15) is 19.2 Å². The summed E-state index contributed by atoms with van der Waals surface area (Å²) < 4.78 is 5.13. The van der Waals surface area contributed by atoms with Crippen LogP contribution in [0.3, 0.4) is 0 Å². The normalized spacial score (nSPS) is 21.9. The molecule has 1 saturated carbocycles. The maximum absolute atomic E-state index is 12.4. The van der Waals surface area contributed by atoms with Gasteiger partial charge in [0, 0.05) is 12.2 Å². The largest absolute Gasteiger partial charge is 0.452 e. The minimum atomic E-state index is -1.04. The fourth-order valence-electron chi connectivity index (χ4n) is 3.84. The number of fused-ring (bicyclic) bond motifs is 1. The first-order chi connectivity index (χ1) is 13.9. The van der Waals surface area contributed by atoms with E-state index in [4.69, 9.17) is 10.00 Å². The molecule has 0 unspecified atom stereocenters. The smallest absolute Gasteiger partial charge is 0.308 e. The molecule has 1 saturated heterocycles. The summed E-state index contributed by atoms with van der Waals surface area (Å²) in [7, 11) is 0. The van der Waals surface area contributed by atoms with Crippen LogP contribution < -0.4 is 5.32 Å². The van der Waals surface area contributed by atoms with Gasteiger partial charge in [-0.05, 0) is 44.0 Å². The van der Waals surface area contributed by atoms with Crippen molar-refractivity contribution in [1.29, 1.82) is 5.26 Å². The Morgan fingerprint density at radius 3 is 2.31 bits per heavy atom. The van der Waals surface area contributed by atoms with Gasteiger partial charge >= 0.3 is 5.97 Å². The van der Waals surface area contributed by atoms with Gasteiger partial charge < -0.3 is 10.1 Å². The molecule has 1 N–H and O–H groups in total. The molecule has 1 heterocycles. The molecule has 2 fully saturated rings. The molecule has 3 amide bonds. The van der Waals surface area contributed by atoms with Crippen LogP contribution in [0.15, 0.2) is 24.3 Å². The lowest BCUT2D eigenvalue weighted by Gasteiger charge is -2.19. The second-order valence-electron chi connectivity index (χ2n) is 7.39. The molecule has 0 radical (unpaired) electrons. The molecule has 8 heteroatoms. The van der Waals surface area contributed by atoms with Crippen molar-refractivity contribution < 1.29 is 23.9 Å². The third-order valence-corrected chi connectivity index (χ3v) is 5.43. The van der Waals surface area contributed by atoms with Crippen molar-refractivity contribution in [2.24, 2.45) is 11.8 Å². The maximum atomic E-state index is 12.4. The zero-order valence-electron chi connectivity index (χ0n) is 16.2. The Kier molecular flexibility index (Phi) is 6.27. The molecule has 0 spiro atoms. The number of imide groups is 1. The van der Waals surface area contributed by atoms with Crippen LogP contribution in [0.5, 0.6) is 0 Å². The van der Waals surface area contributed by atoms with E-state index in [0.717, 1.165) is 25.7 Å². The SMILES string of the molecule is C[C@@H](OC(=O)CCN1C(=O)[C@H]2CCCC[C@@H]2C1=O)C(=O)Nc1ccc(C#N)cc1. The topological polar surface area (TPSA) is 117 Å². The average molecular weight is 397 g/mol. The number of nitrogens with one attached hydrogen (secondary N) is 1. The highest BCUT2D eigenvalue weighted by molar-refractivity contribution is 6.05. The van der Waals surface area contributed by atoms with Gasteiger partial charge in [-0.15, -0.1) is 0 Å². The molecule has 0 bridgehead atoms. The number of ether oxygens (including phenoxy) is 1. The van der Waals surface area contributed by atoms with E-state index >= 15 is 0 Å². The van der Waals surface area contributed by atoms with Crippen LogP contribution >= 0.6 is 0 Å². The molecule has 1 aliphatic heterocycles. The van der Waals surface area contributed by atoms with Crippen LogP contribution in [0.25, 0.3) is 0 Å². The maximum Gasteiger partial charge on any atom is 0.308 e. The van der Waals surface area contributed by atoms with E-state index in [-0.39, 0.29) is 36.6 Å². The van der Waals surface area contributed by atoms with Gasteiger partial charge in [0.1, 0.15) is 0 Å². The number of benzene rings is 1. The molecular formula is C21H23N3O5. The van der Waals surface area contributed by atoms with Crippen molar-refractivity contribution in [2.75, 3.05) is 11.9 Å². The number of amides is 3. The van der Waals surface area contributed by atoms with Gasteiger partial charge in [0.15, 0.2) is 6.10 Å². The van der Waals surface area contributed by atoms with Crippen molar-refractivity contribution in [3.8, 4) is 6.07 Å². The van der Waals surface area contributed by atoms with Gasteiger partial charge in [0.05, 0.1) is 29.9 Å². The van der Waals surface area contributed by atoms with Gasteiger partial charge in [0.25, 0.3) is 5.91 Å². The van der Waals surface area contributed by atoms with Crippen LogP contribution in [0, 0.1) is 23.2 Å². The third-order valence-electron chi connectivity index (χ3n) is 5.43. The zero-order chi connectivity index (χ0) is 21.0. The number of hydrogen-bond donors (Lipinski definition) is 1. The lowest BCUT2D eigenvalue weighted by atomic mass is 9.81. The Labute approximate surface area is 168 Å². The Hall–Kier alpha value is -3.21. The van der Waals surface area contributed by atoms with E-state index < -0.39 is 18.0 Å². The second-order valence-corrected chi connectivity index (χ2v) is 7.39. The molecule has 1 aromatic rings. The molecule has 152 valence electrons. The Balaban J connectivity index is 1.47. The van der Waals surface area contributed by atoms with E-state index in [1.54, 1.807) is 24.3 Å². The van der Waals surface area contributed by atoms with E-state index in [0.29, 0.717) is 11.3 Å². The number of carbonyl (C=O) groups excluding carboxylic acids is 4. The number of esters is 1. The van der Waals surface area contributed by atoms with Crippen LogP contribution in [0.4, 0.5) is 5.69 Å². The summed E-state index contributed by atoms with van der Waals surface area (Å²) >= 11 is 0. The van der Waals surface area contributed by atoms with Gasteiger partial charge in [-0.25, -0.2) is 0 Å². The molecule has 1 aromatic carbocycles. The average Bonchev–Trinajstić information content (AvgIpc) is 2.97. The predicted octanol–water partition coefficient (Wildman–Crippen LogP) is 1.99. The van der Waals surface area contributed by atoms with Crippen molar-refractivity contribution >= 4 is 29.4 Å². The van der Waals surface area contributed by atoms with Gasteiger partial charge in [-0.1, -0.05) is 12.8 Å². The standard InChI is InChI=1S/C21H23N3O5/c1-13(19(26)23-15-8-6-14(12-22)7-9-15)29-18(25)10-11-24-20(27)16-4-2-3-5-17(16)21(24)28/h6-9,13,16-17H,2-5,10-11H2,1H3,(H,23,26)/t13-,16+,17+/m1/s1. The van der Waals surface area contributed by atoms with Crippen LogP contribution in [0.1, 0.15) is 44.6 Å². The fraction of sp³-hybridized carbons (Fsp3) is 0.476. The number of rotatable bonds is 6. The summed E-state index contributed by atoms with van der Waals surface area (Å²) in [6.45, 7) is 1.42. The summed E-state index contributed by atoms with van der Waals surface area (Å²) in [5, 5.41) is 11.4. The molecule has 3 atom stereocenters. The zero-order valence-corrected chi connectivity index (χ0v) is 16.2. The van der Waals surface area contributed by atoms with Gasteiger partial charge in [0.2, 0.25) is 11.8 Å². The third kappa shape index (κ3) is 4.62. The predicted molar refractivity (Wildman–Crippen MR) is 102 cm³/mol. The molecule has 29 heavy (non-hydrogen) atoms. The summed E-state index contributed by atoms with van der Waals surface area (Å²) in [6.07, 6.45) is 2.16. The van der Waals surface area contributed by atoms with Crippen molar-refractivity contribution in [3.05, 3.63) is 29.8 Å². The number of anilines is 1. The first kappa shape index (κ1) is 20.5. The highest BCUT2D eigenvalue weighted by atomic mass is 16.5. The number of nitrogens with zero attached hydrogens (tertiary/aromatic N) is 2. The minimum absolute atomic E-state index is 0.0204. The summed E-state index contributed by atoms with van der Waals surface area (Å²) in [5.41, 5.74) is 0.945. The first-order valence-corrected chi connectivity index (χ1v) is 9.76. The highest BCUT2D eigenvalue weighted by Crippen LogP contribution is 2.37. The summed E-state index contributed by atoms with van der Waals surface area (Å²) in [6, 6.07) is 8.27. The van der Waals surface area contributed by atoms with Gasteiger partial charge in [-0.3, -0.25) is 24.1 Å². The second kappa shape index (κ2) is 8.86.